The molecule has 0 saturated carbocycles. The van der Waals surface area contributed by atoms with Crippen molar-refractivity contribution in [3.63, 3.8) is 0 Å². The molecule has 0 spiro atoms. The zero-order chi connectivity index (χ0) is 38.5. The van der Waals surface area contributed by atoms with Crippen molar-refractivity contribution in [3.05, 3.63) is 161 Å². The molecular weight excluding hydrogens is 697 g/mol. The molecule has 57 heavy (non-hydrogen) atoms. The number of hydrogen-bond donors (Lipinski definition) is 1. The quantitative estimate of drug-likeness (QED) is 0.195. The Morgan fingerprint density at radius 1 is 0.684 bits per heavy atom. The maximum Gasteiger partial charge on any atom is 0.159 e. The number of benzene rings is 6. The zero-order valence-electron chi connectivity index (χ0n) is 32.8. The smallest absolute Gasteiger partial charge is 0.159 e. The first kappa shape index (κ1) is 33.9. The predicted molar refractivity (Wildman–Crippen MR) is 237 cm³/mol. The second-order valence-corrected chi connectivity index (χ2v) is 17.3. The Labute approximate surface area is 332 Å². The van der Waals surface area contributed by atoms with Crippen LogP contribution >= 0.6 is 0 Å². The standard InChI is InChI=1S/C51H44N6/c1-50(2)22-23-51(3,4)42-30-44-39(29-41(42)50)38-26-33-14-8-9-15-34(33)28-43(38)57(44)36-20-18-32(19-21-36)48-54-47(31-12-6-5-7-13-31)55-49(56-48)40-27-35-16-10-24-52-45(35)46-37(40)17-11-25-53-46/h5-10,12-16,18-21,24-30,47H,11,17,22-23H2,1-4H3,(H,54,55,56). The van der Waals surface area contributed by atoms with Gasteiger partial charge in [-0.3, -0.25) is 9.98 Å². The van der Waals surface area contributed by atoms with Gasteiger partial charge in [-0.15, -0.1) is 0 Å². The fourth-order valence-corrected chi connectivity index (χ4v) is 9.53. The van der Waals surface area contributed by atoms with Gasteiger partial charge in [0.15, 0.2) is 5.84 Å². The fourth-order valence-electron chi connectivity index (χ4n) is 9.53. The van der Waals surface area contributed by atoms with Crippen molar-refractivity contribution in [2.75, 3.05) is 0 Å². The molecule has 2 aromatic heterocycles. The van der Waals surface area contributed by atoms with Crippen molar-refractivity contribution in [3.8, 4) is 5.69 Å². The monoisotopic (exact) mass is 740 g/mol. The van der Waals surface area contributed by atoms with E-state index in [-0.39, 0.29) is 17.0 Å². The molecule has 2 aliphatic heterocycles. The number of amidine groups is 2. The Kier molecular flexibility index (Phi) is 7.47. The first-order valence-electron chi connectivity index (χ1n) is 20.3. The topological polar surface area (TPSA) is 66.9 Å². The highest BCUT2D eigenvalue weighted by atomic mass is 15.2. The second-order valence-electron chi connectivity index (χ2n) is 17.3. The van der Waals surface area contributed by atoms with Crippen LogP contribution in [-0.4, -0.2) is 27.4 Å². The van der Waals surface area contributed by atoms with Crippen LogP contribution in [0.25, 0.3) is 49.2 Å². The first-order valence-corrected chi connectivity index (χ1v) is 20.3. The highest BCUT2D eigenvalue weighted by Crippen LogP contribution is 2.49. The summed E-state index contributed by atoms with van der Waals surface area (Å²) in [7, 11) is 0. The van der Waals surface area contributed by atoms with Gasteiger partial charge < -0.3 is 9.88 Å². The highest BCUT2D eigenvalue weighted by Gasteiger charge is 2.38. The summed E-state index contributed by atoms with van der Waals surface area (Å²) < 4.78 is 2.48. The minimum Gasteiger partial charge on any atom is -0.344 e. The highest BCUT2D eigenvalue weighted by molar-refractivity contribution is 6.16. The number of nitrogens with zero attached hydrogens (tertiary/aromatic N) is 5. The van der Waals surface area contributed by atoms with Crippen molar-refractivity contribution < 1.29 is 0 Å². The number of rotatable bonds is 4. The van der Waals surface area contributed by atoms with E-state index < -0.39 is 0 Å². The molecule has 6 nitrogen and oxygen atoms in total. The maximum absolute atomic E-state index is 5.29. The van der Waals surface area contributed by atoms with Gasteiger partial charge in [0.1, 0.15) is 12.0 Å². The van der Waals surface area contributed by atoms with E-state index in [1.807, 2.05) is 24.5 Å². The molecule has 1 N–H and O–H groups in total. The molecular formula is C51H44N6. The SMILES string of the molecule is CC1(C)CCC(C)(C)c2cc3c(cc21)c1cc2ccccc2cc1n3-c1ccc(C2=NC(c3cc4cccnc4c4c3CCC=N4)=NC(c3ccccc3)N2)cc1. The summed E-state index contributed by atoms with van der Waals surface area (Å²) in [6.07, 6.45) is 7.65. The molecule has 6 heteroatoms. The van der Waals surface area contributed by atoms with Gasteiger partial charge in [-0.25, -0.2) is 9.98 Å². The average molecular weight is 741 g/mol. The lowest BCUT2D eigenvalue weighted by Gasteiger charge is -2.42. The van der Waals surface area contributed by atoms with Crippen LogP contribution in [0.5, 0.6) is 0 Å². The molecule has 0 bridgehead atoms. The summed E-state index contributed by atoms with van der Waals surface area (Å²) in [5, 5.41) is 9.85. The van der Waals surface area contributed by atoms with E-state index >= 15 is 0 Å². The van der Waals surface area contributed by atoms with Crippen LogP contribution < -0.4 is 5.32 Å². The molecule has 6 aromatic carbocycles. The van der Waals surface area contributed by atoms with Crippen LogP contribution in [0.4, 0.5) is 5.69 Å². The minimum absolute atomic E-state index is 0.0986. The average Bonchev–Trinajstić information content (AvgIpc) is 3.56. The summed E-state index contributed by atoms with van der Waals surface area (Å²) in [5.74, 6) is 1.51. The maximum atomic E-state index is 5.29. The summed E-state index contributed by atoms with van der Waals surface area (Å²) in [5.41, 5.74) is 12.9. The van der Waals surface area contributed by atoms with Gasteiger partial charge >= 0.3 is 0 Å². The van der Waals surface area contributed by atoms with Gasteiger partial charge in [-0.1, -0.05) is 88.4 Å². The lowest BCUT2D eigenvalue weighted by molar-refractivity contribution is 0.332. The number of aliphatic imine (C=N–C) groups is 3. The number of aromatic nitrogens is 2. The second kappa shape index (κ2) is 12.6. The van der Waals surface area contributed by atoms with Crippen molar-refractivity contribution in [1.82, 2.24) is 14.9 Å². The third kappa shape index (κ3) is 5.45. The molecule has 0 radical (unpaired) electrons. The van der Waals surface area contributed by atoms with Crippen LogP contribution in [-0.2, 0) is 17.3 Å². The Bertz CT molecular complexity index is 3040. The Morgan fingerprint density at radius 3 is 2.16 bits per heavy atom. The van der Waals surface area contributed by atoms with Crippen LogP contribution in [0.3, 0.4) is 0 Å². The normalized spacial score (nSPS) is 18.3. The molecule has 0 saturated heterocycles. The van der Waals surface area contributed by atoms with Crippen molar-refractivity contribution in [2.24, 2.45) is 15.0 Å². The van der Waals surface area contributed by atoms with Gasteiger partial charge in [0.25, 0.3) is 0 Å². The molecule has 8 aromatic rings. The summed E-state index contributed by atoms with van der Waals surface area (Å²) >= 11 is 0. The minimum atomic E-state index is -0.301. The molecule has 11 rings (SSSR count). The van der Waals surface area contributed by atoms with Gasteiger partial charge in [0.05, 0.1) is 22.2 Å². The number of hydrogen-bond acceptors (Lipinski definition) is 5. The van der Waals surface area contributed by atoms with E-state index in [9.17, 15) is 0 Å². The summed E-state index contributed by atoms with van der Waals surface area (Å²) in [6.45, 7) is 9.67. The van der Waals surface area contributed by atoms with E-state index in [1.165, 1.54) is 56.5 Å². The van der Waals surface area contributed by atoms with Crippen molar-refractivity contribution in [2.45, 2.75) is 70.4 Å². The number of pyridine rings is 1. The Balaban J connectivity index is 1.08. The Hall–Kier alpha value is -6.40. The van der Waals surface area contributed by atoms with Crippen molar-refractivity contribution in [1.29, 1.82) is 0 Å². The predicted octanol–water partition coefficient (Wildman–Crippen LogP) is 12.0. The van der Waals surface area contributed by atoms with Crippen LogP contribution in [0.2, 0.25) is 0 Å². The first-order chi connectivity index (χ1) is 27.7. The van der Waals surface area contributed by atoms with Crippen molar-refractivity contribution >= 4 is 67.1 Å². The molecule has 1 atom stereocenters. The lowest BCUT2D eigenvalue weighted by Crippen LogP contribution is -2.33. The van der Waals surface area contributed by atoms with Gasteiger partial charge in [-0.05, 0) is 130 Å². The summed E-state index contributed by atoms with van der Waals surface area (Å²) in [4.78, 5) is 20.1. The van der Waals surface area contributed by atoms with Crippen LogP contribution in [0.1, 0.15) is 86.5 Å². The number of nitrogens with one attached hydrogen (secondary N) is 1. The zero-order valence-corrected chi connectivity index (χ0v) is 32.8. The molecule has 4 heterocycles. The Morgan fingerprint density at radius 2 is 1.37 bits per heavy atom. The molecule has 1 aliphatic carbocycles. The van der Waals surface area contributed by atoms with E-state index in [1.54, 1.807) is 0 Å². The third-order valence-corrected chi connectivity index (χ3v) is 12.8. The third-order valence-electron chi connectivity index (χ3n) is 12.8. The number of fused-ring (bicyclic) bond motifs is 8. The molecule has 3 aliphatic rings. The van der Waals surface area contributed by atoms with E-state index in [0.717, 1.165) is 63.2 Å². The van der Waals surface area contributed by atoms with Gasteiger partial charge in [0.2, 0.25) is 0 Å². The summed E-state index contributed by atoms with van der Waals surface area (Å²) in [6, 6.07) is 44.2. The molecule has 278 valence electrons. The molecule has 0 amide bonds. The van der Waals surface area contributed by atoms with E-state index in [4.69, 9.17) is 20.0 Å². The van der Waals surface area contributed by atoms with Gasteiger partial charge in [-0.2, -0.15) is 0 Å². The molecule has 0 fully saturated rings. The van der Waals surface area contributed by atoms with Crippen LogP contribution in [0.15, 0.2) is 143 Å². The van der Waals surface area contributed by atoms with E-state index in [0.29, 0.717) is 5.84 Å². The largest absolute Gasteiger partial charge is 0.344 e. The van der Waals surface area contributed by atoms with Crippen LogP contribution in [0, 0.1) is 0 Å². The van der Waals surface area contributed by atoms with E-state index in [2.05, 4.69) is 147 Å². The van der Waals surface area contributed by atoms with Gasteiger partial charge in [0, 0.05) is 45.4 Å². The molecule has 1 unspecified atom stereocenters. The fraction of sp³-hybridized carbons (Fsp3) is 0.216. The lowest BCUT2D eigenvalue weighted by atomic mass is 9.63.